The Labute approximate surface area is 197 Å². The van der Waals surface area contributed by atoms with Crippen LogP contribution in [0.3, 0.4) is 0 Å². The van der Waals surface area contributed by atoms with Crippen LogP contribution in [0.25, 0.3) is 0 Å². The minimum atomic E-state index is -5.71. The Morgan fingerprint density at radius 2 is 1.66 bits per heavy atom. The molecule has 176 valence electrons. The molecule has 0 bridgehead atoms. The number of alkyl halides is 5. The predicted molar refractivity (Wildman–Crippen MR) is 119 cm³/mol. The Hall–Kier alpha value is -1.33. The number of aromatic nitrogens is 1. The molecule has 3 nitrogen and oxygen atoms in total. The van der Waals surface area contributed by atoms with Gasteiger partial charge in [-0.25, -0.2) is 0 Å². The number of hydrogen-bond acceptors (Lipinski definition) is 3. The summed E-state index contributed by atoms with van der Waals surface area (Å²) >= 11 is 2.05. The quantitative estimate of drug-likeness (QED) is 0.325. The number of aliphatic hydroxyl groups is 2. The Morgan fingerprint density at radius 3 is 2.16 bits per heavy atom. The van der Waals surface area contributed by atoms with Crippen molar-refractivity contribution in [2.24, 2.45) is 5.41 Å². The highest BCUT2D eigenvalue weighted by Crippen LogP contribution is 2.46. The summed E-state index contributed by atoms with van der Waals surface area (Å²) in [5, 5.41) is 21.9. The van der Waals surface area contributed by atoms with Crippen molar-refractivity contribution in [1.29, 1.82) is 0 Å². The van der Waals surface area contributed by atoms with Gasteiger partial charge in [-0.3, -0.25) is 4.98 Å². The molecule has 1 aromatic carbocycles. The Bertz CT molecular complexity index is 1000. The summed E-state index contributed by atoms with van der Waals surface area (Å²) in [6.45, 7) is 7.89. The van der Waals surface area contributed by atoms with Gasteiger partial charge in [0.2, 0.25) is 0 Å². The maximum absolute atomic E-state index is 13.6. The van der Waals surface area contributed by atoms with Gasteiger partial charge in [-0.1, -0.05) is 52.0 Å². The second-order valence-electron chi connectivity index (χ2n) is 9.40. The van der Waals surface area contributed by atoms with Crippen LogP contribution in [0.15, 0.2) is 24.3 Å². The second-order valence-corrected chi connectivity index (χ2v) is 10.5. The Balaban J connectivity index is 2.09. The maximum Gasteiger partial charge on any atom is 0.458 e. The molecule has 0 unspecified atom stereocenters. The summed E-state index contributed by atoms with van der Waals surface area (Å²) in [7, 11) is 0. The van der Waals surface area contributed by atoms with Crippen LogP contribution in [0.5, 0.6) is 0 Å². The van der Waals surface area contributed by atoms with Gasteiger partial charge in [-0.2, -0.15) is 22.0 Å². The molecular formula is C23H25F5INO2. The van der Waals surface area contributed by atoms with E-state index >= 15 is 0 Å². The summed E-state index contributed by atoms with van der Waals surface area (Å²) in [4.78, 5) is 4.76. The van der Waals surface area contributed by atoms with Gasteiger partial charge in [-0.15, -0.1) is 0 Å². The molecule has 1 heterocycles. The zero-order valence-electron chi connectivity index (χ0n) is 18.1. The lowest BCUT2D eigenvalue weighted by molar-refractivity contribution is -0.289. The van der Waals surface area contributed by atoms with Crippen LogP contribution in [-0.2, 0) is 12.3 Å². The molecule has 2 N–H and O–H groups in total. The van der Waals surface area contributed by atoms with Crippen molar-refractivity contribution in [3.63, 3.8) is 0 Å². The summed E-state index contributed by atoms with van der Waals surface area (Å²) in [6.07, 6.45) is -6.59. The SMILES string of the molecule is CC(C)c1nc2c(c(I)c1[C@@H](O)c1ccc(C(F)(F)C(F)(F)F)cc1)[C@@H](O)CC(C)(C)C2. The average Bonchev–Trinajstić information content (AvgIpc) is 2.64. The Morgan fingerprint density at radius 1 is 1.09 bits per heavy atom. The monoisotopic (exact) mass is 569 g/mol. The normalized spacial score (nSPS) is 19.7. The number of halogens is 6. The highest BCUT2D eigenvalue weighted by atomic mass is 127. The van der Waals surface area contributed by atoms with Crippen LogP contribution in [0.2, 0.25) is 0 Å². The van der Waals surface area contributed by atoms with Gasteiger partial charge < -0.3 is 10.2 Å². The van der Waals surface area contributed by atoms with Crippen LogP contribution in [0, 0.1) is 8.99 Å². The van der Waals surface area contributed by atoms with Crippen molar-refractivity contribution in [2.45, 2.75) is 70.8 Å². The van der Waals surface area contributed by atoms with E-state index in [1.54, 1.807) is 0 Å². The second kappa shape index (κ2) is 8.47. The zero-order valence-corrected chi connectivity index (χ0v) is 20.2. The summed E-state index contributed by atoms with van der Waals surface area (Å²) in [6, 6.07) is 3.49. The predicted octanol–water partition coefficient (Wildman–Crippen LogP) is 6.55. The van der Waals surface area contributed by atoms with Crippen molar-refractivity contribution in [3.8, 4) is 0 Å². The third-order valence-corrected chi connectivity index (χ3v) is 6.97. The summed E-state index contributed by atoms with van der Waals surface area (Å²) in [5.74, 6) is -5.08. The third-order valence-electron chi connectivity index (χ3n) is 5.81. The molecule has 32 heavy (non-hydrogen) atoms. The van der Waals surface area contributed by atoms with Crippen molar-refractivity contribution in [3.05, 3.63) is 61.5 Å². The van der Waals surface area contributed by atoms with Crippen LogP contribution >= 0.6 is 22.6 Å². The zero-order chi connectivity index (χ0) is 24.2. The fourth-order valence-corrected chi connectivity index (χ4v) is 5.42. The molecule has 9 heteroatoms. The number of pyridine rings is 1. The van der Waals surface area contributed by atoms with Gasteiger partial charge >= 0.3 is 12.1 Å². The fourth-order valence-electron chi connectivity index (χ4n) is 4.18. The first-order valence-corrected chi connectivity index (χ1v) is 11.3. The number of aliphatic hydroxyl groups excluding tert-OH is 2. The number of rotatable bonds is 4. The minimum absolute atomic E-state index is 0.0884. The molecule has 0 saturated carbocycles. The standard InChI is InChI=1S/C23H25F5INO2/c1-11(2)19-17(18(29)16-14(30-19)9-21(3,4)10-15(16)31)20(32)12-5-7-13(8-6-12)22(24,25)23(26,27)28/h5-8,11,15,20,31-32H,9-10H2,1-4H3/t15-,20-/m0/s1. The number of fused-ring (bicyclic) bond motifs is 1. The first-order valence-electron chi connectivity index (χ1n) is 10.2. The van der Waals surface area contributed by atoms with Gasteiger partial charge in [0.1, 0.15) is 6.10 Å². The molecule has 0 fully saturated rings. The molecule has 0 radical (unpaired) electrons. The largest absolute Gasteiger partial charge is 0.458 e. The van der Waals surface area contributed by atoms with Crippen molar-refractivity contribution >= 4 is 22.6 Å². The van der Waals surface area contributed by atoms with Crippen molar-refractivity contribution in [2.75, 3.05) is 0 Å². The van der Waals surface area contributed by atoms with Crippen LogP contribution in [0.1, 0.15) is 85.9 Å². The Kier molecular flexibility index (Phi) is 6.69. The lowest BCUT2D eigenvalue weighted by Crippen LogP contribution is -2.33. The van der Waals surface area contributed by atoms with Gasteiger partial charge in [0.25, 0.3) is 0 Å². The molecule has 0 aliphatic heterocycles. The lowest BCUT2D eigenvalue weighted by atomic mass is 9.74. The smallest absolute Gasteiger partial charge is 0.388 e. The van der Waals surface area contributed by atoms with E-state index in [1.807, 2.05) is 27.7 Å². The third kappa shape index (κ3) is 4.52. The highest BCUT2D eigenvalue weighted by molar-refractivity contribution is 14.1. The number of hydrogen-bond donors (Lipinski definition) is 2. The van der Waals surface area contributed by atoms with Crippen LogP contribution in [0.4, 0.5) is 22.0 Å². The van der Waals surface area contributed by atoms with E-state index in [9.17, 15) is 32.2 Å². The van der Waals surface area contributed by atoms with E-state index in [2.05, 4.69) is 22.6 Å². The topological polar surface area (TPSA) is 53.4 Å². The molecule has 0 spiro atoms. The van der Waals surface area contributed by atoms with E-state index in [0.29, 0.717) is 45.4 Å². The van der Waals surface area contributed by atoms with Crippen LogP contribution < -0.4 is 0 Å². The molecule has 2 atom stereocenters. The average molecular weight is 569 g/mol. The summed E-state index contributed by atoms with van der Waals surface area (Å²) in [5.41, 5.74) is 1.28. The number of benzene rings is 1. The van der Waals surface area contributed by atoms with Gasteiger partial charge in [0.05, 0.1) is 11.8 Å². The molecule has 1 aromatic heterocycles. The van der Waals surface area contributed by atoms with E-state index in [-0.39, 0.29) is 16.9 Å². The molecule has 1 aliphatic rings. The maximum atomic E-state index is 13.6. The molecule has 1 aliphatic carbocycles. The van der Waals surface area contributed by atoms with Gasteiger partial charge in [0, 0.05) is 26.0 Å². The first-order chi connectivity index (χ1) is 14.6. The fraction of sp³-hybridized carbons (Fsp3) is 0.522. The highest BCUT2D eigenvalue weighted by Gasteiger charge is 2.58. The first kappa shape index (κ1) is 25.3. The van der Waals surface area contributed by atoms with E-state index in [0.717, 1.165) is 17.8 Å². The molecule has 0 saturated heterocycles. The molecular weight excluding hydrogens is 544 g/mol. The molecule has 3 rings (SSSR count). The van der Waals surface area contributed by atoms with E-state index in [4.69, 9.17) is 4.98 Å². The van der Waals surface area contributed by atoms with E-state index in [1.165, 1.54) is 0 Å². The molecule has 0 amide bonds. The number of nitrogens with zero attached hydrogens (tertiary/aromatic N) is 1. The minimum Gasteiger partial charge on any atom is -0.388 e. The van der Waals surface area contributed by atoms with Crippen molar-refractivity contribution < 1.29 is 32.2 Å². The van der Waals surface area contributed by atoms with Gasteiger partial charge in [-0.05, 0) is 52.3 Å². The molecule has 2 aromatic rings. The summed E-state index contributed by atoms with van der Waals surface area (Å²) < 4.78 is 65.8. The van der Waals surface area contributed by atoms with E-state index < -0.39 is 29.9 Å². The van der Waals surface area contributed by atoms with Crippen LogP contribution in [-0.4, -0.2) is 21.4 Å². The van der Waals surface area contributed by atoms with Gasteiger partial charge in [0.15, 0.2) is 0 Å². The van der Waals surface area contributed by atoms with Crippen molar-refractivity contribution in [1.82, 2.24) is 4.98 Å². The lowest BCUT2D eigenvalue weighted by Gasteiger charge is -2.36.